The Kier molecular flexibility index (Phi) is 21.0. The van der Waals surface area contributed by atoms with Gasteiger partial charge in [0.25, 0.3) is 0 Å². The van der Waals surface area contributed by atoms with E-state index in [1.54, 1.807) is 0 Å². The zero-order valence-electron chi connectivity index (χ0n) is 17.7. The fourth-order valence-electron chi connectivity index (χ4n) is 3.90. The zero-order valence-corrected chi connectivity index (χ0v) is 17.7. The summed E-state index contributed by atoms with van der Waals surface area (Å²) in [5.41, 5.74) is 0. The Morgan fingerprint density at radius 2 is 0.792 bits per heavy atom. The molecule has 1 fully saturated rings. The first kappa shape index (κ1) is 24.0. The minimum absolute atomic E-state index is 1.12. The Hall–Kier alpha value is 0. The number of hydrogen-bond donors (Lipinski definition) is 0. The lowest BCUT2D eigenvalue weighted by Crippen LogP contribution is -1.92. The molecule has 0 aliphatic heterocycles. The van der Waals surface area contributed by atoms with E-state index in [-0.39, 0.29) is 0 Å². The summed E-state index contributed by atoms with van der Waals surface area (Å²) in [4.78, 5) is 0. The lowest BCUT2D eigenvalue weighted by atomic mass is 9.99. The van der Waals surface area contributed by atoms with Gasteiger partial charge in [0.1, 0.15) is 0 Å². The molecule has 0 atom stereocenters. The molecule has 0 saturated heterocycles. The first-order chi connectivity index (χ1) is 11.8. The highest BCUT2D eigenvalue weighted by molar-refractivity contribution is 4.66. The fourth-order valence-corrected chi connectivity index (χ4v) is 3.90. The van der Waals surface area contributed by atoms with Crippen molar-refractivity contribution in [3.05, 3.63) is 0 Å². The third kappa shape index (κ3) is 18.3. The molecule has 0 aromatic carbocycles. The molecule has 0 unspecified atom stereocenters. The number of rotatable bonds is 15. The summed E-state index contributed by atoms with van der Waals surface area (Å²) in [7, 11) is 0. The quantitative estimate of drug-likeness (QED) is 0.261. The molecule has 0 N–H and O–H groups in total. The maximum Gasteiger partial charge on any atom is -0.0414 e. The van der Waals surface area contributed by atoms with Gasteiger partial charge in [-0.1, -0.05) is 149 Å². The van der Waals surface area contributed by atoms with Crippen LogP contribution in [0.3, 0.4) is 0 Å². The SMILES string of the molecule is CCCCCCCC1CCCC1.CCCCCCCCCCCC. The molecular weight excluding hydrogens is 288 g/mol. The van der Waals surface area contributed by atoms with Crippen molar-refractivity contribution >= 4 is 0 Å². The molecule has 0 heterocycles. The van der Waals surface area contributed by atoms with E-state index in [0.29, 0.717) is 0 Å². The molecule has 0 bridgehead atoms. The largest absolute Gasteiger partial charge is 0.0654 e. The van der Waals surface area contributed by atoms with Crippen molar-refractivity contribution in [1.29, 1.82) is 0 Å². The topological polar surface area (TPSA) is 0 Å². The normalized spacial score (nSPS) is 14.6. The van der Waals surface area contributed by atoms with Gasteiger partial charge in [-0.05, 0) is 5.92 Å². The highest BCUT2D eigenvalue weighted by atomic mass is 14.2. The summed E-state index contributed by atoms with van der Waals surface area (Å²) in [6.45, 7) is 6.85. The second-order valence-electron chi connectivity index (χ2n) is 8.18. The van der Waals surface area contributed by atoms with Crippen LogP contribution in [-0.4, -0.2) is 0 Å². The van der Waals surface area contributed by atoms with Gasteiger partial charge in [-0.2, -0.15) is 0 Å². The van der Waals surface area contributed by atoms with Gasteiger partial charge in [-0.3, -0.25) is 0 Å². The van der Waals surface area contributed by atoms with Crippen molar-refractivity contribution < 1.29 is 0 Å². The molecule has 24 heavy (non-hydrogen) atoms. The highest BCUT2D eigenvalue weighted by Crippen LogP contribution is 2.29. The monoisotopic (exact) mass is 338 g/mol. The molecule has 1 aliphatic rings. The van der Waals surface area contributed by atoms with Crippen LogP contribution in [0.15, 0.2) is 0 Å². The third-order valence-electron chi connectivity index (χ3n) is 5.65. The zero-order chi connectivity index (χ0) is 17.7. The van der Waals surface area contributed by atoms with E-state index in [1.807, 2.05) is 0 Å². The minimum Gasteiger partial charge on any atom is -0.0654 e. The van der Waals surface area contributed by atoms with Gasteiger partial charge in [-0.15, -0.1) is 0 Å². The highest BCUT2D eigenvalue weighted by Gasteiger charge is 2.13. The molecule has 1 saturated carbocycles. The van der Waals surface area contributed by atoms with Gasteiger partial charge in [0.05, 0.1) is 0 Å². The van der Waals surface area contributed by atoms with Crippen molar-refractivity contribution in [3.8, 4) is 0 Å². The molecular formula is C24H50. The molecule has 146 valence electrons. The van der Waals surface area contributed by atoms with Crippen molar-refractivity contribution in [3.63, 3.8) is 0 Å². The average molecular weight is 339 g/mol. The molecule has 0 radical (unpaired) electrons. The Balaban J connectivity index is 0.000000441. The van der Waals surface area contributed by atoms with Gasteiger partial charge in [0.2, 0.25) is 0 Å². The molecule has 0 nitrogen and oxygen atoms in total. The maximum atomic E-state index is 2.29. The first-order valence-corrected chi connectivity index (χ1v) is 11.8. The second kappa shape index (κ2) is 21.0. The molecule has 0 heteroatoms. The van der Waals surface area contributed by atoms with E-state index in [4.69, 9.17) is 0 Å². The van der Waals surface area contributed by atoms with Crippen LogP contribution in [0.5, 0.6) is 0 Å². The van der Waals surface area contributed by atoms with Crippen molar-refractivity contribution in [1.82, 2.24) is 0 Å². The summed E-state index contributed by atoms with van der Waals surface area (Å²) < 4.78 is 0. The van der Waals surface area contributed by atoms with E-state index in [0.717, 1.165) is 5.92 Å². The summed E-state index contributed by atoms with van der Waals surface area (Å²) in [6, 6.07) is 0. The summed E-state index contributed by atoms with van der Waals surface area (Å²) in [5.74, 6) is 1.12. The van der Waals surface area contributed by atoms with Crippen LogP contribution < -0.4 is 0 Å². The van der Waals surface area contributed by atoms with Gasteiger partial charge >= 0.3 is 0 Å². The first-order valence-electron chi connectivity index (χ1n) is 11.8. The molecule has 1 rings (SSSR count). The Morgan fingerprint density at radius 1 is 0.458 bits per heavy atom. The van der Waals surface area contributed by atoms with Crippen LogP contribution in [0.4, 0.5) is 0 Å². The lowest BCUT2D eigenvalue weighted by Gasteiger charge is -2.07. The van der Waals surface area contributed by atoms with Gasteiger partial charge < -0.3 is 0 Å². The number of unbranched alkanes of at least 4 members (excludes halogenated alkanes) is 13. The molecule has 0 spiro atoms. The molecule has 0 aromatic heterocycles. The van der Waals surface area contributed by atoms with Crippen LogP contribution >= 0.6 is 0 Å². The molecule has 1 aliphatic carbocycles. The van der Waals surface area contributed by atoms with Gasteiger partial charge in [0.15, 0.2) is 0 Å². The predicted octanol–water partition coefficient (Wildman–Crippen LogP) is 9.46. The van der Waals surface area contributed by atoms with Crippen molar-refractivity contribution in [2.24, 2.45) is 5.92 Å². The lowest BCUT2D eigenvalue weighted by molar-refractivity contribution is 0.464. The second-order valence-corrected chi connectivity index (χ2v) is 8.18. The summed E-state index contributed by atoms with van der Waals surface area (Å²) in [6.07, 6.45) is 29.4. The van der Waals surface area contributed by atoms with Crippen LogP contribution in [0.1, 0.15) is 149 Å². The standard InChI is InChI=1S/C12H24.C12H26/c1-2-3-4-5-6-9-12-10-7-8-11-12;1-3-5-7-9-11-12-10-8-6-4-2/h12H,2-11H2,1H3;3-12H2,1-2H3. The molecule has 0 amide bonds. The van der Waals surface area contributed by atoms with E-state index in [9.17, 15) is 0 Å². The van der Waals surface area contributed by atoms with Crippen LogP contribution in [-0.2, 0) is 0 Å². The van der Waals surface area contributed by atoms with Gasteiger partial charge in [-0.25, -0.2) is 0 Å². The predicted molar refractivity (Wildman–Crippen MR) is 113 cm³/mol. The average Bonchev–Trinajstić information content (AvgIpc) is 3.11. The van der Waals surface area contributed by atoms with E-state index in [2.05, 4.69) is 20.8 Å². The van der Waals surface area contributed by atoms with Gasteiger partial charge in [0, 0.05) is 0 Å². The third-order valence-corrected chi connectivity index (χ3v) is 5.65. The van der Waals surface area contributed by atoms with Crippen molar-refractivity contribution in [2.75, 3.05) is 0 Å². The van der Waals surface area contributed by atoms with Crippen LogP contribution in [0.25, 0.3) is 0 Å². The maximum absolute atomic E-state index is 2.29. The molecule has 0 aromatic rings. The summed E-state index contributed by atoms with van der Waals surface area (Å²) in [5, 5.41) is 0. The van der Waals surface area contributed by atoms with Crippen LogP contribution in [0.2, 0.25) is 0 Å². The summed E-state index contributed by atoms with van der Waals surface area (Å²) >= 11 is 0. The van der Waals surface area contributed by atoms with E-state index in [1.165, 1.54) is 128 Å². The van der Waals surface area contributed by atoms with E-state index >= 15 is 0 Å². The minimum atomic E-state index is 1.12. The van der Waals surface area contributed by atoms with E-state index < -0.39 is 0 Å². The Bertz CT molecular complexity index is 192. The Morgan fingerprint density at radius 3 is 1.17 bits per heavy atom. The Labute approximate surface area is 155 Å². The fraction of sp³-hybridized carbons (Fsp3) is 1.00. The van der Waals surface area contributed by atoms with Crippen molar-refractivity contribution in [2.45, 2.75) is 149 Å². The smallest absolute Gasteiger partial charge is 0.0414 e. The van der Waals surface area contributed by atoms with Crippen LogP contribution in [0, 0.1) is 5.92 Å². The number of hydrogen-bond acceptors (Lipinski definition) is 0.